The van der Waals surface area contributed by atoms with E-state index in [4.69, 9.17) is 14.1 Å². The second-order valence-corrected chi connectivity index (χ2v) is 7.16. The van der Waals surface area contributed by atoms with Crippen molar-refractivity contribution < 1.29 is 42.3 Å². The molecule has 1 unspecified atom stereocenters. The number of alkyl halides is 2. The lowest BCUT2D eigenvalue weighted by atomic mass is 9.64. The number of halogens is 2. The number of para-hydroxylation sites is 1. The van der Waals surface area contributed by atoms with Crippen LogP contribution in [0.1, 0.15) is 56.0 Å². The highest BCUT2D eigenvalue weighted by molar-refractivity contribution is 6.47. The summed E-state index contributed by atoms with van der Waals surface area (Å²) in [6.45, 7) is 3.31. The predicted molar refractivity (Wildman–Crippen MR) is 98.6 cm³/mol. The van der Waals surface area contributed by atoms with E-state index in [1.165, 1.54) is 19.9 Å². The number of carbonyl (C=O) groups is 3. The number of rotatable bonds is 8. The van der Waals surface area contributed by atoms with Crippen molar-refractivity contribution in [2.45, 2.75) is 64.5 Å². The van der Waals surface area contributed by atoms with Crippen molar-refractivity contribution in [3.63, 3.8) is 0 Å². The summed E-state index contributed by atoms with van der Waals surface area (Å²) >= 11 is 0. The van der Waals surface area contributed by atoms with Gasteiger partial charge in [-0.15, -0.1) is 0 Å². The number of hydrogen-bond acceptors (Lipinski definition) is 7. The van der Waals surface area contributed by atoms with Gasteiger partial charge in [0.1, 0.15) is 17.1 Å². The van der Waals surface area contributed by atoms with Crippen molar-refractivity contribution in [1.29, 1.82) is 0 Å². The van der Waals surface area contributed by atoms with Crippen LogP contribution in [0.25, 0.3) is 0 Å². The first-order chi connectivity index (χ1) is 13.5. The number of benzene rings is 1. The molecular formula is C19H23BF2O7. The van der Waals surface area contributed by atoms with Gasteiger partial charge in [0.05, 0.1) is 0 Å². The second kappa shape index (κ2) is 9.34. The van der Waals surface area contributed by atoms with Gasteiger partial charge in [-0.05, 0) is 25.0 Å². The van der Waals surface area contributed by atoms with Crippen LogP contribution < -0.4 is 4.65 Å². The van der Waals surface area contributed by atoms with Crippen LogP contribution in [0.3, 0.4) is 0 Å². The molecule has 0 aliphatic carbocycles. The highest BCUT2D eigenvalue weighted by Crippen LogP contribution is 2.37. The zero-order chi connectivity index (χ0) is 21.8. The Labute approximate surface area is 167 Å². The SMILES string of the molecule is CC(=O)OC(C)OC(=O)c1cccc2c1OB(O)[C@@H](CC(=O)CCC(C)(F)F)C2. The van der Waals surface area contributed by atoms with Crippen LogP contribution in [0, 0.1) is 0 Å². The average molecular weight is 412 g/mol. The Morgan fingerprint density at radius 1 is 1.34 bits per heavy atom. The fourth-order valence-corrected chi connectivity index (χ4v) is 3.04. The molecule has 1 aromatic rings. The third kappa shape index (κ3) is 6.81. The van der Waals surface area contributed by atoms with Crippen LogP contribution in [0.5, 0.6) is 5.75 Å². The first kappa shape index (κ1) is 22.8. The van der Waals surface area contributed by atoms with Crippen LogP contribution >= 0.6 is 0 Å². The lowest BCUT2D eigenvalue weighted by Crippen LogP contribution is -2.36. The largest absolute Gasteiger partial charge is 0.535 e. The van der Waals surface area contributed by atoms with Gasteiger partial charge < -0.3 is 19.2 Å². The maximum Gasteiger partial charge on any atom is 0.526 e. The average Bonchev–Trinajstić information content (AvgIpc) is 2.58. The summed E-state index contributed by atoms with van der Waals surface area (Å²) in [7, 11) is -1.38. The maximum absolute atomic E-state index is 12.9. The predicted octanol–water partition coefficient (Wildman–Crippen LogP) is 2.93. The van der Waals surface area contributed by atoms with Crippen molar-refractivity contribution in [3.05, 3.63) is 29.3 Å². The van der Waals surface area contributed by atoms with E-state index >= 15 is 0 Å². The topological polar surface area (TPSA) is 99.1 Å². The van der Waals surface area contributed by atoms with E-state index in [0.717, 1.165) is 6.92 Å². The molecule has 1 heterocycles. The molecule has 0 radical (unpaired) electrons. The van der Waals surface area contributed by atoms with Crippen LogP contribution in [-0.2, 0) is 25.5 Å². The van der Waals surface area contributed by atoms with Gasteiger partial charge in [-0.2, -0.15) is 0 Å². The Kier molecular flexibility index (Phi) is 7.34. The lowest BCUT2D eigenvalue weighted by Gasteiger charge is -2.28. The van der Waals surface area contributed by atoms with E-state index in [1.54, 1.807) is 12.1 Å². The van der Waals surface area contributed by atoms with Crippen molar-refractivity contribution in [1.82, 2.24) is 0 Å². The molecule has 0 fully saturated rings. The van der Waals surface area contributed by atoms with E-state index in [0.29, 0.717) is 5.56 Å². The maximum atomic E-state index is 12.9. The van der Waals surface area contributed by atoms with Gasteiger partial charge in [0.2, 0.25) is 12.2 Å². The molecule has 0 saturated heterocycles. The molecule has 2 atom stereocenters. The first-order valence-electron chi connectivity index (χ1n) is 9.20. The third-order valence-corrected chi connectivity index (χ3v) is 4.38. The number of ether oxygens (including phenoxy) is 2. The molecule has 1 aliphatic heterocycles. The Morgan fingerprint density at radius 2 is 2.03 bits per heavy atom. The van der Waals surface area contributed by atoms with Gasteiger partial charge in [0.25, 0.3) is 0 Å². The number of Topliss-reactive ketones (excluding diaryl/α,β-unsaturated/α-hetero) is 1. The molecule has 0 spiro atoms. The molecule has 1 aromatic carbocycles. The van der Waals surface area contributed by atoms with E-state index in [2.05, 4.69) is 0 Å². The van der Waals surface area contributed by atoms with Crippen LogP contribution in [0.2, 0.25) is 5.82 Å². The highest BCUT2D eigenvalue weighted by atomic mass is 19.3. The van der Waals surface area contributed by atoms with E-state index in [-0.39, 0.29) is 30.6 Å². The quantitative estimate of drug-likeness (QED) is 0.398. The summed E-state index contributed by atoms with van der Waals surface area (Å²) in [6, 6.07) is 4.69. The van der Waals surface area contributed by atoms with Gasteiger partial charge in [-0.3, -0.25) is 9.59 Å². The molecular weight excluding hydrogens is 389 g/mol. The third-order valence-electron chi connectivity index (χ3n) is 4.38. The molecule has 1 aliphatic rings. The number of fused-ring (bicyclic) bond motifs is 1. The summed E-state index contributed by atoms with van der Waals surface area (Å²) in [5.74, 6) is -5.24. The number of esters is 2. The summed E-state index contributed by atoms with van der Waals surface area (Å²) in [5.41, 5.74) is 0.611. The van der Waals surface area contributed by atoms with E-state index in [1.807, 2.05) is 0 Å². The van der Waals surface area contributed by atoms with Gasteiger partial charge in [-0.1, -0.05) is 12.1 Å². The lowest BCUT2D eigenvalue weighted by molar-refractivity contribution is -0.162. The minimum absolute atomic E-state index is 0.0379. The molecule has 0 bridgehead atoms. The van der Waals surface area contributed by atoms with Crippen molar-refractivity contribution in [2.24, 2.45) is 0 Å². The minimum Gasteiger partial charge on any atom is -0.535 e. The normalized spacial score (nSPS) is 17.0. The Hall–Kier alpha value is -2.49. The molecule has 1 N–H and O–H groups in total. The standard InChI is InChI=1S/C19H23BF2O7/c1-11(23)27-12(2)28-18(25)16-6-4-5-13-9-14(20(26)29-17(13)16)10-15(24)7-8-19(3,21)22/h4-6,12,14,26H,7-10H2,1-3H3/t12?,14-/m1/s1. The Morgan fingerprint density at radius 3 is 2.66 bits per heavy atom. The monoisotopic (exact) mass is 412 g/mol. The molecule has 0 aromatic heterocycles. The molecule has 0 amide bonds. The fraction of sp³-hybridized carbons (Fsp3) is 0.526. The molecule has 7 nitrogen and oxygen atoms in total. The second-order valence-electron chi connectivity index (χ2n) is 7.16. The first-order valence-corrected chi connectivity index (χ1v) is 9.20. The van der Waals surface area contributed by atoms with Gasteiger partial charge >= 0.3 is 19.1 Å². The molecule has 2 rings (SSSR count). The van der Waals surface area contributed by atoms with Crippen LogP contribution in [0.15, 0.2) is 18.2 Å². The molecule has 10 heteroatoms. The van der Waals surface area contributed by atoms with Gasteiger partial charge in [-0.25, -0.2) is 13.6 Å². The zero-order valence-electron chi connectivity index (χ0n) is 16.4. The Bertz CT molecular complexity index is 778. The fourth-order valence-electron chi connectivity index (χ4n) is 3.04. The van der Waals surface area contributed by atoms with Crippen molar-refractivity contribution >= 4 is 24.8 Å². The smallest absolute Gasteiger partial charge is 0.526 e. The van der Waals surface area contributed by atoms with Gasteiger partial charge in [0, 0.05) is 38.9 Å². The summed E-state index contributed by atoms with van der Waals surface area (Å²) in [5, 5.41) is 10.3. The molecule has 29 heavy (non-hydrogen) atoms. The zero-order valence-corrected chi connectivity index (χ0v) is 16.4. The minimum atomic E-state index is -2.93. The molecule has 0 saturated carbocycles. The Balaban J connectivity index is 2.07. The summed E-state index contributed by atoms with van der Waals surface area (Å²) in [4.78, 5) is 35.3. The number of hydrogen-bond donors (Lipinski definition) is 1. The van der Waals surface area contributed by atoms with Gasteiger partial charge in [0.15, 0.2) is 0 Å². The highest BCUT2D eigenvalue weighted by Gasteiger charge is 2.38. The summed E-state index contributed by atoms with van der Waals surface area (Å²) < 4.78 is 41.1. The number of ketones is 1. The van der Waals surface area contributed by atoms with Crippen molar-refractivity contribution in [3.8, 4) is 5.75 Å². The van der Waals surface area contributed by atoms with Crippen LogP contribution in [-0.4, -0.2) is 42.1 Å². The van der Waals surface area contributed by atoms with Crippen molar-refractivity contribution in [2.75, 3.05) is 0 Å². The van der Waals surface area contributed by atoms with E-state index in [9.17, 15) is 28.2 Å². The summed E-state index contributed by atoms with van der Waals surface area (Å²) in [6.07, 6.45) is -1.84. The molecule has 158 valence electrons. The van der Waals surface area contributed by atoms with E-state index < -0.39 is 49.3 Å². The van der Waals surface area contributed by atoms with Crippen LogP contribution in [0.4, 0.5) is 8.78 Å². The number of carbonyl (C=O) groups excluding carboxylic acids is 3.